The number of esters is 2. The van der Waals surface area contributed by atoms with Gasteiger partial charge in [-0.3, -0.25) is 19.3 Å². The van der Waals surface area contributed by atoms with Gasteiger partial charge >= 0.3 is 18.0 Å². The molecule has 2 aliphatic rings. The number of nitrogens with zero attached hydrogens (tertiary/aromatic N) is 2. The highest BCUT2D eigenvalue weighted by Gasteiger charge is 2.45. The van der Waals surface area contributed by atoms with Crippen LogP contribution in [-0.2, 0) is 35.2 Å². The van der Waals surface area contributed by atoms with Crippen LogP contribution in [0.15, 0.2) is 59.5 Å². The Bertz CT molecular complexity index is 1320. The molecule has 2 aliphatic heterocycles. The van der Waals surface area contributed by atoms with Gasteiger partial charge in [-0.25, -0.2) is 4.79 Å². The molecule has 244 valence electrons. The summed E-state index contributed by atoms with van der Waals surface area (Å²) < 4.78 is 16.5. The lowest BCUT2D eigenvalue weighted by atomic mass is 9.82. The summed E-state index contributed by atoms with van der Waals surface area (Å²) in [5.74, 6) is -2.90. The Balaban J connectivity index is 1.44. The monoisotopic (exact) mass is 639 g/mol. The number of thioether (sulfide) groups is 1. The van der Waals surface area contributed by atoms with Crippen molar-refractivity contribution in [3.63, 3.8) is 0 Å². The number of hydrogen-bond acceptors (Lipinski definition) is 9. The number of carbonyl (C=O) groups excluding carboxylic acids is 4. The van der Waals surface area contributed by atoms with Crippen LogP contribution in [0, 0.1) is 17.8 Å². The molecule has 2 aromatic carbocycles. The molecule has 1 saturated heterocycles. The Labute approximate surface area is 269 Å². The number of piperidine rings is 1. The third-order valence-corrected chi connectivity index (χ3v) is 9.18. The van der Waals surface area contributed by atoms with Gasteiger partial charge in [0.15, 0.2) is 0 Å². The molecule has 3 atom stereocenters. The molecule has 0 saturated carbocycles. The summed E-state index contributed by atoms with van der Waals surface area (Å²) in [7, 11) is 0. The quantitative estimate of drug-likeness (QED) is 0.269. The van der Waals surface area contributed by atoms with Crippen molar-refractivity contribution in [2.24, 2.45) is 23.5 Å². The number of amides is 2. The zero-order valence-corrected chi connectivity index (χ0v) is 27.4. The first kappa shape index (κ1) is 34.3. The van der Waals surface area contributed by atoms with Crippen molar-refractivity contribution in [2.45, 2.75) is 75.9 Å². The summed E-state index contributed by atoms with van der Waals surface area (Å²) >= 11 is 1.32. The molecule has 4 rings (SSSR count). The number of anilines is 1. The van der Waals surface area contributed by atoms with Crippen LogP contribution in [-0.4, -0.2) is 66.1 Å². The lowest BCUT2D eigenvalue weighted by molar-refractivity contribution is -0.154. The highest BCUT2D eigenvalue weighted by Crippen LogP contribution is 2.42. The fourth-order valence-electron chi connectivity index (χ4n) is 5.83. The lowest BCUT2D eigenvalue weighted by Gasteiger charge is -2.34. The molecule has 1 fully saturated rings. The van der Waals surface area contributed by atoms with Crippen molar-refractivity contribution >= 4 is 41.4 Å². The van der Waals surface area contributed by atoms with E-state index in [1.807, 2.05) is 42.5 Å². The third-order valence-electron chi connectivity index (χ3n) is 8.02. The van der Waals surface area contributed by atoms with Gasteiger partial charge in [-0.1, -0.05) is 42.5 Å². The van der Waals surface area contributed by atoms with Crippen LogP contribution in [0.4, 0.5) is 10.5 Å². The van der Waals surface area contributed by atoms with E-state index in [1.54, 1.807) is 44.7 Å². The van der Waals surface area contributed by atoms with Crippen LogP contribution in [0.3, 0.4) is 0 Å². The molecule has 0 spiro atoms. The van der Waals surface area contributed by atoms with Crippen LogP contribution in [0.5, 0.6) is 0 Å². The number of likely N-dealkylation sites (tertiary alicyclic amines) is 1. The molecule has 2 heterocycles. The van der Waals surface area contributed by atoms with Gasteiger partial charge in [0.05, 0.1) is 29.5 Å². The Kier molecular flexibility index (Phi) is 11.9. The first-order valence-electron chi connectivity index (χ1n) is 15.6. The van der Waals surface area contributed by atoms with E-state index in [-0.39, 0.29) is 31.8 Å². The van der Waals surface area contributed by atoms with E-state index in [4.69, 9.17) is 19.9 Å². The third kappa shape index (κ3) is 9.46. The SMILES string of the molecule is CCOC(=O)[C@@H](CCC1CCN(C(=O)OCc2ccccc2)CC1)[C@@H]1C(=O)N(CC(=O)OC(C)(C)C)c2ccccc2SC1N. The second-order valence-corrected chi connectivity index (χ2v) is 13.7. The number of fused-ring (bicyclic) bond motifs is 1. The van der Waals surface area contributed by atoms with Crippen molar-refractivity contribution in [2.75, 3.05) is 31.1 Å². The minimum absolute atomic E-state index is 0.171. The van der Waals surface area contributed by atoms with Crippen LogP contribution >= 0.6 is 11.8 Å². The molecule has 2 aromatic rings. The predicted molar refractivity (Wildman–Crippen MR) is 172 cm³/mol. The number of nitrogens with two attached hydrogens (primary N) is 1. The van der Waals surface area contributed by atoms with Crippen molar-refractivity contribution in [1.82, 2.24) is 4.90 Å². The first-order valence-corrected chi connectivity index (χ1v) is 16.5. The number of rotatable bonds is 10. The number of hydrogen-bond donors (Lipinski definition) is 1. The predicted octanol–water partition coefficient (Wildman–Crippen LogP) is 5.38. The van der Waals surface area contributed by atoms with Crippen LogP contribution in [0.2, 0.25) is 0 Å². The Morgan fingerprint density at radius 3 is 2.33 bits per heavy atom. The van der Waals surface area contributed by atoms with Gasteiger partial charge in [0.2, 0.25) is 5.91 Å². The standard InChI is InChI=1S/C34H45N3O7S/c1-5-42-32(40)25(16-15-23-17-19-36(20-18-23)33(41)43-22-24-11-7-6-8-12-24)29-30(35)45-27-14-10-9-13-26(27)37(31(29)39)21-28(38)44-34(2,3)4/h6-14,23,25,29-30H,5,15-22,35H2,1-4H3/t25-,29-,30?/m0/s1. The molecule has 2 N–H and O–H groups in total. The fraction of sp³-hybridized carbons (Fsp3) is 0.529. The maximum absolute atomic E-state index is 14.3. The topological polar surface area (TPSA) is 128 Å². The Morgan fingerprint density at radius 2 is 1.67 bits per heavy atom. The normalized spacial score (nSPS) is 19.7. The van der Waals surface area contributed by atoms with Crippen molar-refractivity contribution in [1.29, 1.82) is 0 Å². The van der Waals surface area contributed by atoms with E-state index < -0.39 is 40.7 Å². The van der Waals surface area contributed by atoms with Gasteiger partial charge in [-0.05, 0) is 77.0 Å². The molecular weight excluding hydrogens is 594 g/mol. The zero-order valence-electron chi connectivity index (χ0n) is 26.6. The van der Waals surface area contributed by atoms with Gasteiger partial charge < -0.3 is 24.8 Å². The molecule has 1 unspecified atom stereocenters. The van der Waals surface area contributed by atoms with Crippen LogP contribution in [0.25, 0.3) is 0 Å². The molecular formula is C34H45N3O7S. The Hall–Kier alpha value is -3.57. The maximum atomic E-state index is 14.3. The summed E-state index contributed by atoms with van der Waals surface area (Å²) in [5.41, 5.74) is 7.45. The highest BCUT2D eigenvalue weighted by atomic mass is 32.2. The number of benzene rings is 2. The van der Waals surface area contributed by atoms with Crippen LogP contribution < -0.4 is 10.6 Å². The zero-order chi connectivity index (χ0) is 32.6. The smallest absolute Gasteiger partial charge is 0.410 e. The van der Waals surface area contributed by atoms with Crippen molar-refractivity contribution in [3.8, 4) is 0 Å². The van der Waals surface area contributed by atoms with E-state index in [1.165, 1.54) is 16.7 Å². The first-order chi connectivity index (χ1) is 21.5. The fourth-order valence-corrected chi connectivity index (χ4v) is 7.03. The van der Waals surface area contributed by atoms with Gasteiger partial charge in [-0.15, -0.1) is 11.8 Å². The highest BCUT2D eigenvalue weighted by molar-refractivity contribution is 8.00. The molecule has 0 aliphatic carbocycles. The number of ether oxygens (including phenoxy) is 3. The van der Waals surface area contributed by atoms with Gasteiger partial charge in [0.25, 0.3) is 0 Å². The molecule has 0 radical (unpaired) electrons. The van der Waals surface area contributed by atoms with Gasteiger partial charge in [0.1, 0.15) is 18.8 Å². The van der Waals surface area contributed by atoms with Gasteiger partial charge in [0, 0.05) is 18.0 Å². The summed E-state index contributed by atoms with van der Waals surface area (Å²) in [4.78, 5) is 57.1. The van der Waals surface area contributed by atoms with E-state index in [9.17, 15) is 19.2 Å². The minimum Gasteiger partial charge on any atom is -0.466 e. The molecule has 0 aromatic heterocycles. The van der Waals surface area contributed by atoms with Crippen LogP contribution in [0.1, 0.15) is 58.9 Å². The minimum atomic E-state index is -0.919. The van der Waals surface area contributed by atoms with Crippen molar-refractivity contribution in [3.05, 3.63) is 60.2 Å². The van der Waals surface area contributed by atoms with E-state index >= 15 is 0 Å². The van der Waals surface area contributed by atoms with E-state index in [0.29, 0.717) is 31.6 Å². The average Bonchev–Trinajstić information content (AvgIpc) is 3.10. The van der Waals surface area contributed by atoms with E-state index in [0.717, 1.165) is 23.3 Å². The number of para-hydroxylation sites is 1. The summed E-state index contributed by atoms with van der Waals surface area (Å²) in [6, 6.07) is 16.8. The number of carbonyl (C=O) groups is 4. The largest absolute Gasteiger partial charge is 0.466 e. The maximum Gasteiger partial charge on any atom is 0.410 e. The molecule has 45 heavy (non-hydrogen) atoms. The van der Waals surface area contributed by atoms with Crippen molar-refractivity contribution < 1.29 is 33.4 Å². The summed E-state index contributed by atoms with van der Waals surface area (Å²) in [5, 5.41) is -0.738. The molecule has 2 amide bonds. The second kappa shape index (κ2) is 15.6. The lowest BCUT2D eigenvalue weighted by Crippen LogP contribution is -2.49. The molecule has 10 nitrogen and oxygen atoms in total. The van der Waals surface area contributed by atoms with Gasteiger partial charge in [-0.2, -0.15) is 0 Å². The summed E-state index contributed by atoms with van der Waals surface area (Å²) in [6.07, 6.45) is 2.23. The molecule has 0 bridgehead atoms. The Morgan fingerprint density at radius 1 is 1.00 bits per heavy atom. The summed E-state index contributed by atoms with van der Waals surface area (Å²) in [6.45, 7) is 8.25. The molecule has 11 heteroatoms. The second-order valence-electron chi connectivity index (χ2n) is 12.5. The average molecular weight is 640 g/mol. The van der Waals surface area contributed by atoms with E-state index in [2.05, 4.69) is 0 Å².